The Morgan fingerprint density at radius 1 is 1.40 bits per heavy atom. The van der Waals surface area contributed by atoms with Gasteiger partial charge in [0.25, 0.3) is 0 Å². The van der Waals surface area contributed by atoms with E-state index < -0.39 is 5.97 Å². The van der Waals surface area contributed by atoms with E-state index in [4.69, 9.17) is 5.11 Å². The van der Waals surface area contributed by atoms with Gasteiger partial charge in [-0.25, -0.2) is 4.79 Å². The molecule has 2 amide bonds. The molecular weight excluding hydrogens is 258 g/mol. The molecule has 0 radical (unpaired) electrons. The van der Waals surface area contributed by atoms with Crippen molar-refractivity contribution in [2.24, 2.45) is 0 Å². The molecule has 20 heavy (non-hydrogen) atoms. The number of hydrogen-bond donors (Lipinski definition) is 2. The lowest BCUT2D eigenvalue weighted by atomic mass is 10.0. The molecule has 1 saturated heterocycles. The van der Waals surface area contributed by atoms with Gasteiger partial charge < -0.3 is 20.2 Å². The highest BCUT2D eigenvalue weighted by Gasteiger charge is 2.24. The van der Waals surface area contributed by atoms with Crippen molar-refractivity contribution >= 4 is 12.0 Å². The quantitative estimate of drug-likeness (QED) is 0.773. The van der Waals surface area contributed by atoms with E-state index in [0.29, 0.717) is 18.9 Å². The standard InChI is InChI=1S/C14H27N3O3/c1-11(5-4-6-13(18)19)15-14(20)17(3)12-7-9-16(2)10-8-12/h11-12H,4-10H2,1-3H3,(H,15,20)(H,18,19). The Balaban J connectivity index is 2.28. The highest BCUT2D eigenvalue weighted by atomic mass is 16.4. The van der Waals surface area contributed by atoms with Crippen LogP contribution in [0.3, 0.4) is 0 Å². The van der Waals surface area contributed by atoms with E-state index in [2.05, 4.69) is 17.3 Å². The maximum atomic E-state index is 12.1. The summed E-state index contributed by atoms with van der Waals surface area (Å²) in [6, 6.07) is 0.260. The lowest BCUT2D eigenvalue weighted by Crippen LogP contribution is -2.49. The molecule has 0 aromatic heterocycles. The summed E-state index contributed by atoms with van der Waals surface area (Å²) in [5, 5.41) is 11.5. The number of urea groups is 1. The van der Waals surface area contributed by atoms with Gasteiger partial charge in [0.2, 0.25) is 0 Å². The van der Waals surface area contributed by atoms with Crippen LogP contribution in [0, 0.1) is 0 Å². The zero-order valence-electron chi connectivity index (χ0n) is 12.8. The third kappa shape index (κ3) is 5.77. The van der Waals surface area contributed by atoms with Crippen LogP contribution in [0.4, 0.5) is 4.79 Å². The lowest BCUT2D eigenvalue weighted by Gasteiger charge is -2.35. The topological polar surface area (TPSA) is 72.9 Å². The SMILES string of the molecule is CC(CCCC(=O)O)NC(=O)N(C)C1CCN(C)CC1. The molecule has 2 N–H and O–H groups in total. The second-order valence-corrected chi connectivity index (χ2v) is 5.78. The van der Waals surface area contributed by atoms with Gasteiger partial charge in [-0.1, -0.05) is 0 Å². The number of rotatable bonds is 6. The third-order valence-electron chi connectivity index (χ3n) is 3.95. The fraction of sp³-hybridized carbons (Fsp3) is 0.857. The molecule has 1 aliphatic rings. The number of nitrogens with zero attached hydrogens (tertiary/aromatic N) is 2. The minimum atomic E-state index is -0.785. The van der Waals surface area contributed by atoms with E-state index in [9.17, 15) is 9.59 Å². The second-order valence-electron chi connectivity index (χ2n) is 5.78. The number of carbonyl (C=O) groups excluding carboxylic acids is 1. The van der Waals surface area contributed by atoms with Crippen molar-refractivity contribution in [2.75, 3.05) is 27.2 Å². The van der Waals surface area contributed by atoms with E-state index in [-0.39, 0.29) is 18.5 Å². The van der Waals surface area contributed by atoms with Crippen molar-refractivity contribution in [2.45, 2.75) is 51.1 Å². The van der Waals surface area contributed by atoms with Gasteiger partial charge in [-0.3, -0.25) is 4.79 Å². The minimum Gasteiger partial charge on any atom is -0.481 e. The number of likely N-dealkylation sites (tertiary alicyclic amines) is 1. The molecular formula is C14H27N3O3. The summed E-state index contributed by atoms with van der Waals surface area (Å²) >= 11 is 0. The molecule has 6 heteroatoms. The van der Waals surface area contributed by atoms with Crippen LogP contribution in [-0.2, 0) is 4.79 Å². The molecule has 6 nitrogen and oxygen atoms in total. The molecule has 0 aromatic rings. The molecule has 1 fully saturated rings. The molecule has 0 saturated carbocycles. The molecule has 116 valence electrons. The number of hydrogen-bond acceptors (Lipinski definition) is 3. The fourth-order valence-corrected chi connectivity index (χ4v) is 2.49. The summed E-state index contributed by atoms with van der Waals surface area (Å²) in [4.78, 5) is 26.6. The van der Waals surface area contributed by atoms with Crippen molar-refractivity contribution in [3.63, 3.8) is 0 Å². The van der Waals surface area contributed by atoms with Crippen LogP contribution in [0.1, 0.15) is 39.0 Å². The number of aliphatic carboxylic acids is 1. The Morgan fingerprint density at radius 3 is 2.55 bits per heavy atom. The zero-order valence-corrected chi connectivity index (χ0v) is 12.8. The van der Waals surface area contributed by atoms with Gasteiger partial charge in [0, 0.05) is 25.6 Å². The summed E-state index contributed by atoms with van der Waals surface area (Å²) in [6.07, 6.45) is 3.46. The van der Waals surface area contributed by atoms with E-state index in [1.165, 1.54) is 0 Å². The largest absolute Gasteiger partial charge is 0.481 e. The van der Waals surface area contributed by atoms with Gasteiger partial charge in [-0.15, -0.1) is 0 Å². The summed E-state index contributed by atoms with van der Waals surface area (Å²) in [5.41, 5.74) is 0. The number of nitrogens with one attached hydrogen (secondary N) is 1. The van der Waals surface area contributed by atoms with Crippen LogP contribution in [0.25, 0.3) is 0 Å². The number of carboxylic acid groups (broad SMARTS) is 1. The molecule has 1 aliphatic heterocycles. The maximum absolute atomic E-state index is 12.1. The Labute approximate surface area is 121 Å². The summed E-state index contributed by atoms with van der Waals surface area (Å²) in [7, 11) is 3.94. The van der Waals surface area contributed by atoms with Crippen molar-refractivity contribution in [1.29, 1.82) is 0 Å². The Bertz CT molecular complexity index is 328. The fourth-order valence-electron chi connectivity index (χ4n) is 2.49. The molecule has 0 bridgehead atoms. The van der Waals surface area contributed by atoms with E-state index in [1.54, 1.807) is 4.90 Å². The first kappa shape index (κ1) is 16.8. The van der Waals surface area contributed by atoms with Gasteiger partial charge in [0.15, 0.2) is 0 Å². The van der Waals surface area contributed by atoms with Crippen LogP contribution < -0.4 is 5.32 Å². The first-order valence-electron chi connectivity index (χ1n) is 7.33. The Kier molecular flexibility index (Phi) is 6.78. The number of piperidine rings is 1. The van der Waals surface area contributed by atoms with Gasteiger partial charge in [0.1, 0.15) is 0 Å². The van der Waals surface area contributed by atoms with Crippen molar-refractivity contribution in [3.8, 4) is 0 Å². The van der Waals surface area contributed by atoms with Crippen LogP contribution in [-0.4, -0.2) is 66.2 Å². The lowest BCUT2D eigenvalue weighted by molar-refractivity contribution is -0.137. The van der Waals surface area contributed by atoms with E-state index in [0.717, 1.165) is 25.9 Å². The molecule has 0 aromatic carbocycles. The normalized spacial score (nSPS) is 18.6. The van der Waals surface area contributed by atoms with Crippen molar-refractivity contribution in [3.05, 3.63) is 0 Å². The summed E-state index contributed by atoms with van der Waals surface area (Å²) in [6.45, 7) is 3.97. The first-order chi connectivity index (χ1) is 9.40. The molecule has 0 spiro atoms. The number of amides is 2. The van der Waals surface area contributed by atoms with E-state index in [1.807, 2.05) is 14.0 Å². The van der Waals surface area contributed by atoms with Crippen LogP contribution in [0.2, 0.25) is 0 Å². The van der Waals surface area contributed by atoms with Crippen molar-refractivity contribution in [1.82, 2.24) is 15.1 Å². The van der Waals surface area contributed by atoms with Gasteiger partial charge in [-0.2, -0.15) is 0 Å². The van der Waals surface area contributed by atoms with Crippen molar-refractivity contribution < 1.29 is 14.7 Å². The zero-order chi connectivity index (χ0) is 15.1. The van der Waals surface area contributed by atoms with Gasteiger partial charge >= 0.3 is 12.0 Å². The summed E-state index contributed by atoms with van der Waals surface area (Å²) in [5.74, 6) is -0.785. The monoisotopic (exact) mass is 285 g/mol. The summed E-state index contributed by atoms with van der Waals surface area (Å²) < 4.78 is 0. The minimum absolute atomic E-state index is 0.00978. The predicted octanol–water partition coefficient (Wildman–Crippen LogP) is 1.37. The highest BCUT2D eigenvalue weighted by molar-refractivity contribution is 5.74. The van der Waals surface area contributed by atoms with Crippen LogP contribution in [0.5, 0.6) is 0 Å². The van der Waals surface area contributed by atoms with Crippen LogP contribution >= 0.6 is 0 Å². The average Bonchev–Trinajstić information content (AvgIpc) is 2.38. The Morgan fingerprint density at radius 2 is 2.00 bits per heavy atom. The predicted molar refractivity (Wildman–Crippen MR) is 77.8 cm³/mol. The average molecular weight is 285 g/mol. The van der Waals surface area contributed by atoms with Crippen LogP contribution in [0.15, 0.2) is 0 Å². The van der Waals surface area contributed by atoms with Gasteiger partial charge in [0.05, 0.1) is 0 Å². The molecule has 1 rings (SSSR count). The smallest absolute Gasteiger partial charge is 0.317 e. The first-order valence-corrected chi connectivity index (χ1v) is 7.33. The van der Waals surface area contributed by atoms with Gasteiger partial charge in [-0.05, 0) is 52.7 Å². The molecule has 1 unspecified atom stereocenters. The second kappa shape index (κ2) is 8.09. The van der Waals surface area contributed by atoms with E-state index >= 15 is 0 Å². The molecule has 1 atom stereocenters. The number of carboxylic acids is 1. The molecule has 0 aliphatic carbocycles. The Hall–Kier alpha value is -1.30. The maximum Gasteiger partial charge on any atom is 0.317 e. The highest BCUT2D eigenvalue weighted by Crippen LogP contribution is 2.14. The number of carbonyl (C=O) groups is 2. The third-order valence-corrected chi connectivity index (χ3v) is 3.95. The molecule has 1 heterocycles.